The van der Waals surface area contributed by atoms with E-state index in [0.717, 1.165) is 29.7 Å². The Morgan fingerprint density at radius 3 is 2.37 bits per heavy atom. The molecule has 0 aliphatic heterocycles. The van der Waals surface area contributed by atoms with E-state index in [1.807, 2.05) is 73.3 Å². The minimum absolute atomic E-state index is 0.0546. The van der Waals surface area contributed by atoms with E-state index in [-0.39, 0.29) is 31.1 Å². The lowest BCUT2D eigenvalue weighted by molar-refractivity contribution is -0.145. The Kier molecular flexibility index (Phi) is 12.1. The van der Waals surface area contributed by atoms with Crippen LogP contribution in [0.25, 0.3) is 0 Å². The van der Waals surface area contributed by atoms with Crippen LogP contribution in [0.3, 0.4) is 0 Å². The van der Waals surface area contributed by atoms with Crippen molar-refractivity contribution in [3.8, 4) is 5.75 Å². The summed E-state index contributed by atoms with van der Waals surface area (Å²) in [5.74, 6) is -0.663. The van der Waals surface area contributed by atoms with Gasteiger partial charge in [-0.25, -0.2) is 0 Å². The van der Waals surface area contributed by atoms with Crippen LogP contribution in [0.15, 0.2) is 77.9 Å². The molecule has 3 atom stereocenters. The molecule has 41 heavy (non-hydrogen) atoms. The molecule has 1 aliphatic rings. The van der Waals surface area contributed by atoms with Gasteiger partial charge >= 0.3 is 0 Å². The maximum absolute atomic E-state index is 14.6. The molecule has 8 nitrogen and oxygen atoms in total. The zero-order chi connectivity index (χ0) is 29.8. The molecule has 0 saturated carbocycles. The number of nitrogens with zero attached hydrogens (tertiary/aromatic N) is 1. The molecule has 0 aromatic heterocycles. The molecule has 3 rings (SSSR count). The zero-order valence-corrected chi connectivity index (χ0v) is 24.5. The molecule has 1 unspecified atom stereocenters. The van der Waals surface area contributed by atoms with E-state index in [1.165, 1.54) is 0 Å². The summed E-state index contributed by atoms with van der Waals surface area (Å²) in [6.07, 6.45) is 4.37. The summed E-state index contributed by atoms with van der Waals surface area (Å²) in [7, 11) is 1.62. The first-order valence-corrected chi connectivity index (χ1v) is 14.5. The lowest BCUT2D eigenvalue weighted by Crippen LogP contribution is -2.54. The van der Waals surface area contributed by atoms with Gasteiger partial charge < -0.3 is 30.9 Å². The summed E-state index contributed by atoms with van der Waals surface area (Å²) in [6, 6.07) is 17.4. The minimum Gasteiger partial charge on any atom is -0.497 e. The van der Waals surface area contributed by atoms with Crippen molar-refractivity contribution in [2.24, 2.45) is 17.1 Å². The highest BCUT2D eigenvalue weighted by Gasteiger charge is 2.50. The fourth-order valence-electron chi connectivity index (χ4n) is 5.76. The summed E-state index contributed by atoms with van der Waals surface area (Å²) in [4.78, 5) is 28.9. The number of carbonyl (C=O) groups excluding carboxylic acids is 2. The summed E-state index contributed by atoms with van der Waals surface area (Å²) >= 11 is 0. The van der Waals surface area contributed by atoms with Crippen LogP contribution in [0.1, 0.15) is 44.2 Å². The molecule has 222 valence electrons. The van der Waals surface area contributed by atoms with Crippen molar-refractivity contribution in [2.75, 3.05) is 33.4 Å². The van der Waals surface area contributed by atoms with Crippen LogP contribution in [-0.2, 0) is 22.6 Å². The SMILES string of the molecule is CCCN(CCC)C(=O)C1([C@H](Cc2ccccc2)[C@@H](O)CNCc2cccc(OC)c2)C=C(CO)C=C(C(N)=O)C1. The molecule has 0 radical (unpaired) electrons. The fourth-order valence-corrected chi connectivity index (χ4v) is 5.76. The molecule has 1 aliphatic carbocycles. The highest BCUT2D eigenvalue weighted by Crippen LogP contribution is 2.45. The number of benzene rings is 2. The van der Waals surface area contributed by atoms with Gasteiger partial charge in [0.1, 0.15) is 5.75 Å². The van der Waals surface area contributed by atoms with E-state index in [1.54, 1.807) is 19.3 Å². The van der Waals surface area contributed by atoms with Gasteiger partial charge in [0.25, 0.3) is 0 Å². The number of nitrogens with one attached hydrogen (secondary N) is 1. The van der Waals surface area contributed by atoms with E-state index in [2.05, 4.69) is 5.32 Å². The zero-order valence-electron chi connectivity index (χ0n) is 24.5. The second-order valence-electron chi connectivity index (χ2n) is 10.8. The highest BCUT2D eigenvalue weighted by atomic mass is 16.5. The number of nitrogens with two attached hydrogens (primary N) is 1. The van der Waals surface area contributed by atoms with E-state index in [0.29, 0.717) is 31.6 Å². The predicted molar refractivity (Wildman–Crippen MR) is 161 cm³/mol. The normalized spacial score (nSPS) is 18.2. The number of primary amides is 1. The Balaban J connectivity index is 2.06. The molecule has 2 aromatic rings. The van der Waals surface area contributed by atoms with Gasteiger partial charge in [-0.1, -0.05) is 62.4 Å². The Morgan fingerprint density at radius 2 is 1.76 bits per heavy atom. The van der Waals surface area contributed by atoms with Crippen LogP contribution in [0.5, 0.6) is 5.75 Å². The highest BCUT2D eigenvalue weighted by molar-refractivity contribution is 5.96. The molecule has 0 heterocycles. The standard InChI is InChI=1S/C33H45N3O5/c1-4-14-36(15-5-2)32(40)33(19-26(23-37)16-27(20-33)31(34)39)29(18-24-10-7-6-8-11-24)30(38)22-35-21-25-12-9-13-28(17-25)41-3/h6-13,16-17,19,29-30,35,37-38H,4-5,14-15,18,20-23H2,1-3H3,(H2,34,39)/t29-,30+,33?/m1/s1. The number of aliphatic hydroxyl groups excluding tert-OH is 2. The monoisotopic (exact) mass is 563 g/mol. The Hall–Kier alpha value is -3.46. The first kappa shape index (κ1) is 32.1. The van der Waals surface area contributed by atoms with Gasteiger partial charge in [-0.3, -0.25) is 9.59 Å². The third kappa shape index (κ3) is 8.28. The van der Waals surface area contributed by atoms with Crippen molar-refractivity contribution in [2.45, 2.75) is 52.2 Å². The smallest absolute Gasteiger partial charge is 0.244 e. The minimum atomic E-state index is -1.28. The van der Waals surface area contributed by atoms with Crippen LogP contribution in [-0.4, -0.2) is 66.4 Å². The van der Waals surface area contributed by atoms with Gasteiger partial charge in [0.2, 0.25) is 11.8 Å². The maximum Gasteiger partial charge on any atom is 0.244 e. The molecule has 0 saturated heterocycles. The molecule has 2 amide bonds. The topological polar surface area (TPSA) is 125 Å². The van der Waals surface area contributed by atoms with Gasteiger partial charge in [-0.05, 0) is 60.6 Å². The van der Waals surface area contributed by atoms with Crippen molar-refractivity contribution >= 4 is 11.8 Å². The second kappa shape index (κ2) is 15.5. The summed E-state index contributed by atoms with van der Waals surface area (Å²) < 4.78 is 5.33. The number of rotatable bonds is 16. The third-order valence-electron chi connectivity index (χ3n) is 7.70. The number of ether oxygens (including phenoxy) is 1. The van der Waals surface area contributed by atoms with Crippen molar-refractivity contribution in [3.63, 3.8) is 0 Å². The second-order valence-corrected chi connectivity index (χ2v) is 10.8. The quantitative estimate of drug-likeness (QED) is 0.248. The lowest BCUT2D eigenvalue weighted by Gasteiger charge is -2.45. The van der Waals surface area contributed by atoms with Crippen molar-refractivity contribution in [1.82, 2.24) is 10.2 Å². The van der Waals surface area contributed by atoms with Crippen molar-refractivity contribution < 1.29 is 24.5 Å². The Labute approximate surface area is 243 Å². The van der Waals surface area contributed by atoms with Gasteiger partial charge in [-0.15, -0.1) is 0 Å². The molecule has 0 fully saturated rings. The van der Waals surface area contributed by atoms with E-state index < -0.39 is 23.3 Å². The average Bonchev–Trinajstić information content (AvgIpc) is 2.99. The molecule has 0 spiro atoms. The third-order valence-corrected chi connectivity index (χ3v) is 7.70. The molecular formula is C33H45N3O5. The molecular weight excluding hydrogens is 518 g/mol. The largest absolute Gasteiger partial charge is 0.497 e. The molecule has 0 bridgehead atoms. The van der Waals surface area contributed by atoms with Crippen LogP contribution < -0.4 is 15.8 Å². The maximum atomic E-state index is 14.6. The lowest BCUT2D eigenvalue weighted by atomic mass is 9.63. The first-order valence-electron chi connectivity index (χ1n) is 14.5. The summed E-state index contributed by atoms with van der Waals surface area (Å²) in [5.41, 5.74) is 7.16. The molecule has 8 heteroatoms. The van der Waals surface area contributed by atoms with Crippen LogP contribution >= 0.6 is 0 Å². The van der Waals surface area contributed by atoms with E-state index >= 15 is 0 Å². The summed E-state index contributed by atoms with van der Waals surface area (Å²) in [6.45, 7) is 5.50. The number of hydrogen-bond acceptors (Lipinski definition) is 6. The fraction of sp³-hybridized carbons (Fsp3) is 0.455. The average molecular weight is 564 g/mol. The van der Waals surface area contributed by atoms with E-state index in [4.69, 9.17) is 10.5 Å². The number of amides is 2. The van der Waals surface area contributed by atoms with Gasteiger partial charge in [0.05, 0.1) is 25.2 Å². The number of hydrogen-bond donors (Lipinski definition) is 4. The van der Waals surface area contributed by atoms with Crippen LogP contribution in [0, 0.1) is 11.3 Å². The van der Waals surface area contributed by atoms with Crippen LogP contribution in [0.2, 0.25) is 0 Å². The van der Waals surface area contributed by atoms with Crippen LogP contribution in [0.4, 0.5) is 0 Å². The Morgan fingerprint density at radius 1 is 1.07 bits per heavy atom. The van der Waals surface area contributed by atoms with Crippen molar-refractivity contribution in [1.29, 1.82) is 0 Å². The Bertz CT molecular complexity index is 1210. The van der Waals surface area contributed by atoms with Gasteiger partial charge in [-0.2, -0.15) is 0 Å². The predicted octanol–water partition coefficient (Wildman–Crippen LogP) is 3.37. The van der Waals surface area contributed by atoms with Gasteiger partial charge in [0, 0.05) is 37.7 Å². The summed E-state index contributed by atoms with van der Waals surface area (Å²) in [5, 5.41) is 25.4. The number of methoxy groups -OCH3 is 1. The van der Waals surface area contributed by atoms with Crippen molar-refractivity contribution in [3.05, 3.63) is 89.0 Å². The molecule has 5 N–H and O–H groups in total. The molecule has 2 aromatic carbocycles. The van der Waals surface area contributed by atoms with Gasteiger partial charge in [0.15, 0.2) is 0 Å². The first-order chi connectivity index (χ1) is 19.8. The number of aliphatic hydroxyl groups is 2. The van der Waals surface area contributed by atoms with E-state index in [9.17, 15) is 19.8 Å². The number of carbonyl (C=O) groups is 2.